The summed E-state index contributed by atoms with van der Waals surface area (Å²) in [7, 11) is 0. The van der Waals surface area contributed by atoms with E-state index in [9.17, 15) is 4.79 Å². The molecule has 3 aliphatic heterocycles. The zero-order valence-corrected chi connectivity index (χ0v) is 16.0. The summed E-state index contributed by atoms with van der Waals surface area (Å²) in [5.41, 5.74) is 1.99. The van der Waals surface area contributed by atoms with E-state index in [-0.39, 0.29) is 5.91 Å². The van der Waals surface area contributed by atoms with Crippen LogP contribution in [0.1, 0.15) is 37.0 Å². The minimum Gasteiger partial charge on any atom is -0.337 e. The predicted octanol–water partition coefficient (Wildman–Crippen LogP) is 2.16. The van der Waals surface area contributed by atoms with Gasteiger partial charge in [-0.3, -0.25) is 14.3 Å². The largest absolute Gasteiger partial charge is 0.337 e. The first-order valence-corrected chi connectivity index (χ1v) is 9.58. The quantitative estimate of drug-likeness (QED) is 0.776. The van der Waals surface area contributed by atoms with Gasteiger partial charge in [0.15, 0.2) is 0 Å². The highest BCUT2D eigenvalue weighted by Crippen LogP contribution is 2.28. The van der Waals surface area contributed by atoms with E-state index in [1.54, 1.807) is 23.4 Å². The molecule has 3 saturated heterocycles. The molecule has 2 bridgehead atoms. The van der Waals surface area contributed by atoms with E-state index in [0.29, 0.717) is 23.3 Å². The molecular weight excluding hydrogens is 340 g/mol. The van der Waals surface area contributed by atoms with Crippen molar-refractivity contribution < 1.29 is 4.79 Å². The first kappa shape index (κ1) is 17.9. The van der Waals surface area contributed by atoms with Crippen molar-refractivity contribution in [3.63, 3.8) is 0 Å². The summed E-state index contributed by atoms with van der Waals surface area (Å²) in [5, 5.41) is 7.57. The van der Waals surface area contributed by atoms with Crippen LogP contribution in [0.3, 0.4) is 0 Å². The molecule has 5 heterocycles. The number of carbonyl (C=O) groups excluding carboxylic acids is 1. The molecule has 7 nitrogen and oxygen atoms in total. The second-order valence-corrected chi connectivity index (χ2v) is 7.82. The van der Waals surface area contributed by atoms with Gasteiger partial charge in [0, 0.05) is 38.4 Å². The normalized spacial score (nSPS) is 22.5. The molecule has 2 atom stereocenters. The van der Waals surface area contributed by atoms with E-state index in [4.69, 9.17) is 0 Å². The number of piperidine rings is 1. The maximum atomic E-state index is 13.1. The third-order valence-corrected chi connectivity index (χ3v) is 5.53. The smallest absolute Gasteiger partial charge is 0.255 e. The molecule has 1 amide bonds. The van der Waals surface area contributed by atoms with Gasteiger partial charge >= 0.3 is 0 Å². The Morgan fingerprint density at radius 1 is 1.15 bits per heavy atom. The second-order valence-electron chi connectivity index (χ2n) is 7.82. The van der Waals surface area contributed by atoms with Gasteiger partial charge in [0.25, 0.3) is 5.91 Å². The summed E-state index contributed by atoms with van der Waals surface area (Å²) < 4.78 is 1.72. The molecule has 27 heavy (non-hydrogen) atoms. The topological polar surface area (TPSA) is 67.2 Å². The van der Waals surface area contributed by atoms with Gasteiger partial charge < -0.3 is 4.90 Å². The molecule has 0 radical (unpaired) electrons. The maximum absolute atomic E-state index is 13.1. The molecule has 3 fully saturated rings. The molecule has 0 aromatic carbocycles. The predicted molar refractivity (Wildman–Crippen MR) is 103 cm³/mol. The van der Waals surface area contributed by atoms with Crippen molar-refractivity contribution >= 4 is 5.91 Å². The van der Waals surface area contributed by atoms with Gasteiger partial charge in [-0.2, -0.15) is 0 Å². The first-order valence-electron chi connectivity index (χ1n) is 9.58. The lowest BCUT2D eigenvalue weighted by Gasteiger charge is -2.35. The van der Waals surface area contributed by atoms with Crippen molar-refractivity contribution in [2.45, 2.75) is 32.7 Å². The fourth-order valence-corrected chi connectivity index (χ4v) is 4.04. The van der Waals surface area contributed by atoms with Crippen molar-refractivity contribution in [3.05, 3.63) is 48.2 Å². The van der Waals surface area contributed by atoms with Gasteiger partial charge in [-0.15, -0.1) is 10.2 Å². The first-order chi connectivity index (χ1) is 13.1. The number of hydrogen-bond donors (Lipinski definition) is 0. The molecule has 2 aromatic rings. The summed E-state index contributed by atoms with van der Waals surface area (Å²) in [6, 6.07) is 4.13. The summed E-state index contributed by atoms with van der Waals surface area (Å²) in [4.78, 5) is 22.0. The average Bonchev–Trinajstić information content (AvgIpc) is 3.06. The summed E-state index contributed by atoms with van der Waals surface area (Å²) in [5.74, 6) is 1.35. The number of allylic oxidation sites excluding steroid dienone is 1. The third kappa shape index (κ3) is 3.93. The fraction of sp³-hybridized carbons (Fsp3) is 0.500. The van der Waals surface area contributed by atoms with Crippen LogP contribution in [0.5, 0.6) is 0 Å². The van der Waals surface area contributed by atoms with Gasteiger partial charge in [0.05, 0.1) is 5.56 Å². The number of hydrogen-bond acceptors (Lipinski definition) is 5. The average molecular weight is 366 g/mol. The van der Waals surface area contributed by atoms with Crippen molar-refractivity contribution in [1.82, 2.24) is 29.5 Å². The molecule has 0 spiro atoms. The van der Waals surface area contributed by atoms with Crippen LogP contribution >= 0.6 is 0 Å². The highest BCUT2D eigenvalue weighted by Gasteiger charge is 2.36. The Balaban J connectivity index is 1.47. The number of carbonyl (C=O) groups is 1. The van der Waals surface area contributed by atoms with E-state index in [1.807, 2.05) is 17.0 Å². The molecule has 142 valence electrons. The van der Waals surface area contributed by atoms with Crippen LogP contribution in [0.4, 0.5) is 0 Å². The molecule has 0 unspecified atom stereocenters. The minimum absolute atomic E-state index is 0.0822. The molecule has 2 aromatic heterocycles. The lowest BCUT2D eigenvalue weighted by Crippen LogP contribution is -2.44. The Morgan fingerprint density at radius 2 is 1.96 bits per heavy atom. The maximum Gasteiger partial charge on any atom is 0.255 e. The SMILES string of the molecule is CC(C)=CCN1C[C@@H]2CC[C@H]1CN(C(=O)c1ccc(-n3cnnc3)nc1)C2. The van der Waals surface area contributed by atoms with Gasteiger partial charge in [0.1, 0.15) is 18.5 Å². The van der Waals surface area contributed by atoms with Gasteiger partial charge in [-0.1, -0.05) is 11.6 Å². The van der Waals surface area contributed by atoms with Crippen molar-refractivity contribution in [1.29, 1.82) is 0 Å². The second kappa shape index (κ2) is 7.60. The zero-order valence-electron chi connectivity index (χ0n) is 16.0. The minimum atomic E-state index is 0.0822. The van der Waals surface area contributed by atoms with Crippen LogP contribution in [0.15, 0.2) is 42.6 Å². The molecule has 0 saturated carbocycles. The Labute approximate surface area is 159 Å². The fourth-order valence-electron chi connectivity index (χ4n) is 4.04. The van der Waals surface area contributed by atoms with Crippen molar-refractivity contribution in [2.75, 3.05) is 26.2 Å². The molecular formula is C20H26N6O. The van der Waals surface area contributed by atoms with Crippen LogP contribution in [0.2, 0.25) is 0 Å². The summed E-state index contributed by atoms with van der Waals surface area (Å²) in [6.45, 7) is 8.00. The number of nitrogens with zero attached hydrogens (tertiary/aromatic N) is 6. The van der Waals surface area contributed by atoms with Crippen molar-refractivity contribution in [2.24, 2.45) is 5.92 Å². The standard InChI is InChI=1S/C20H26N6O/c1-15(2)7-8-24-10-16-3-5-18(24)12-25(11-16)20(27)17-4-6-19(21-9-17)26-13-22-23-14-26/h4,6-7,9,13-14,16,18H,3,5,8,10-12H2,1-2H3/t16-,18-/m0/s1. The monoisotopic (exact) mass is 366 g/mol. The highest BCUT2D eigenvalue weighted by atomic mass is 16.2. The number of amides is 1. The Bertz CT molecular complexity index is 810. The van der Waals surface area contributed by atoms with Gasteiger partial charge in [-0.25, -0.2) is 4.98 Å². The van der Waals surface area contributed by atoms with E-state index in [0.717, 1.165) is 26.2 Å². The van der Waals surface area contributed by atoms with Crippen LogP contribution in [0.25, 0.3) is 5.82 Å². The number of fused-ring (bicyclic) bond motifs is 4. The van der Waals surface area contributed by atoms with Crippen LogP contribution < -0.4 is 0 Å². The highest BCUT2D eigenvalue weighted by molar-refractivity contribution is 5.94. The van der Waals surface area contributed by atoms with Crippen LogP contribution in [-0.2, 0) is 0 Å². The Hall–Kier alpha value is -2.54. The lowest BCUT2D eigenvalue weighted by molar-refractivity contribution is 0.0740. The molecule has 5 rings (SSSR count). The molecule has 0 N–H and O–H groups in total. The van der Waals surface area contributed by atoms with Crippen LogP contribution in [0, 0.1) is 5.92 Å². The third-order valence-electron chi connectivity index (χ3n) is 5.53. The van der Waals surface area contributed by atoms with E-state index in [2.05, 4.69) is 40.0 Å². The molecule has 0 aliphatic carbocycles. The van der Waals surface area contributed by atoms with Gasteiger partial charge in [0.2, 0.25) is 0 Å². The van der Waals surface area contributed by atoms with Crippen molar-refractivity contribution in [3.8, 4) is 5.82 Å². The molecule has 7 heteroatoms. The van der Waals surface area contributed by atoms with E-state index in [1.165, 1.54) is 18.4 Å². The van der Waals surface area contributed by atoms with E-state index < -0.39 is 0 Å². The Kier molecular flexibility index (Phi) is 5.03. The van der Waals surface area contributed by atoms with Gasteiger partial charge in [-0.05, 0) is 44.7 Å². The Morgan fingerprint density at radius 3 is 2.67 bits per heavy atom. The number of rotatable bonds is 4. The number of pyridine rings is 1. The van der Waals surface area contributed by atoms with E-state index >= 15 is 0 Å². The zero-order chi connectivity index (χ0) is 18.8. The lowest BCUT2D eigenvalue weighted by atomic mass is 9.95. The van der Waals surface area contributed by atoms with Crippen LogP contribution in [-0.4, -0.2) is 67.7 Å². The summed E-state index contributed by atoms with van der Waals surface area (Å²) >= 11 is 0. The summed E-state index contributed by atoms with van der Waals surface area (Å²) in [6.07, 6.45) is 9.53. The number of aromatic nitrogens is 4. The molecule has 3 aliphatic rings.